The molecule has 1 amide bonds. The first-order chi connectivity index (χ1) is 15.6. The molecule has 180 valence electrons. The highest BCUT2D eigenvalue weighted by Gasteiger charge is 2.42. The van der Waals surface area contributed by atoms with Crippen LogP contribution >= 0.6 is 0 Å². The van der Waals surface area contributed by atoms with Crippen molar-refractivity contribution in [3.8, 4) is 5.75 Å². The number of amides is 1. The minimum absolute atomic E-state index is 0.0710. The summed E-state index contributed by atoms with van der Waals surface area (Å²) >= 11 is 0. The molecule has 1 aliphatic carbocycles. The molecule has 2 fully saturated rings. The van der Waals surface area contributed by atoms with Crippen molar-refractivity contribution in [1.82, 2.24) is 4.90 Å². The van der Waals surface area contributed by atoms with Crippen LogP contribution in [-0.4, -0.2) is 44.9 Å². The first-order valence-corrected chi connectivity index (χ1v) is 15.5. The average Bonchev–Trinajstić information content (AvgIpc) is 3.13. The molecule has 0 aromatic heterocycles. The third-order valence-corrected chi connectivity index (χ3v) is 12.9. The van der Waals surface area contributed by atoms with E-state index in [1.807, 2.05) is 0 Å². The summed E-state index contributed by atoms with van der Waals surface area (Å²) in [6.07, 6.45) is 6.39. The number of benzene rings is 2. The molecule has 1 saturated heterocycles. The minimum Gasteiger partial charge on any atom is -0.497 e. The third-order valence-electron chi connectivity index (χ3n) is 8.33. The summed E-state index contributed by atoms with van der Waals surface area (Å²) in [5.74, 6) is 1.28. The van der Waals surface area contributed by atoms with Gasteiger partial charge < -0.3 is 14.1 Å². The number of fused-ring (bicyclic) bond motifs is 1. The Morgan fingerprint density at radius 2 is 1.73 bits per heavy atom. The maximum absolute atomic E-state index is 13.4. The highest BCUT2D eigenvalue weighted by atomic mass is 28.4. The highest BCUT2D eigenvalue weighted by Crippen LogP contribution is 2.40. The quantitative estimate of drug-likeness (QED) is 0.451. The van der Waals surface area contributed by atoms with Crippen LogP contribution in [0.25, 0.3) is 10.8 Å². The number of carbonyl (C=O) groups excluding carboxylic acids is 1. The Kier molecular flexibility index (Phi) is 6.93. The molecule has 5 heteroatoms. The van der Waals surface area contributed by atoms with Gasteiger partial charge in [0.05, 0.1) is 7.11 Å². The van der Waals surface area contributed by atoms with Gasteiger partial charge in [0.15, 0.2) is 8.32 Å². The maximum Gasteiger partial charge on any atom is 0.226 e. The first kappa shape index (κ1) is 24.3. The smallest absolute Gasteiger partial charge is 0.226 e. The Morgan fingerprint density at radius 3 is 2.39 bits per heavy atom. The SMILES string of the molecule is COc1cc(CC2CCN([C@H]3CC[C@@H](O[Si](C)(C)C(C)(C)C)CC3)C2=O)c2ccccc2c1. The molecule has 2 aromatic rings. The van der Waals surface area contributed by atoms with E-state index in [0.29, 0.717) is 18.1 Å². The fourth-order valence-electron chi connectivity index (χ4n) is 5.30. The summed E-state index contributed by atoms with van der Waals surface area (Å²) in [7, 11) is -0.0250. The lowest BCUT2D eigenvalue weighted by Gasteiger charge is -2.42. The molecule has 0 spiro atoms. The van der Waals surface area contributed by atoms with E-state index in [-0.39, 0.29) is 11.0 Å². The summed E-state index contributed by atoms with van der Waals surface area (Å²) in [5.41, 5.74) is 1.22. The van der Waals surface area contributed by atoms with Gasteiger partial charge in [0.1, 0.15) is 5.75 Å². The zero-order valence-electron chi connectivity index (χ0n) is 21.3. The molecule has 4 rings (SSSR count). The van der Waals surface area contributed by atoms with E-state index in [9.17, 15) is 4.79 Å². The fourth-order valence-corrected chi connectivity index (χ4v) is 6.72. The van der Waals surface area contributed by atoms with Crippen LogP contribution in [0.4, 0.5) is 0 Å². The minimum atomic E-state index is -1.73. The monoisotopic (exact) mass is 467 g/mol. The van der Waals surface area contributed by atoms with Crippen LogP contribution in [0.2, 0.25) is 18.1 Å². The molecule has 33 heavy (non-hydrogen) atoms. The maximum atomic E-state index is 13.4. The van der Waals surface area contributed by atoms with Crippen LogP contribution in [0, 0.1) is 5.92 Å². The Morgan fingerprint density at radius 1 is 1.03 bits per heavy atom. The number of likely N-dealkylation sites (tertiary alicyclic amines) is 1. The normalized spacial score (nSPS) is 24.5. The van der Waals surface area contributed by atoms with Crippen molar-refractivity contribution in [3.05, 3.63) is 42.0 Å². The van der Waals surface area contributed by atoms with Crippen LogP contribution in [-0.2, 0) is 15.6 Å². The predicted molar refractivity (Wildman–Crippen MR) is 138 cm³/mol. The van der Waals surface area contributed by atoms with Crippen molar-refractivity contribution in [1.29, 1.82) is 0 Å². The van der Waals surface area contributed by atoms with Gasteiger partial charge in [-0.05, 0) is 85.1 Å². The van der Waals surface area contributed by atoms with Crippen molar-refractivity contribution in [2.45, 2.75) is 89.6 Å². The van der Waals surface area contributed by atoms with Gasteiger partial charge in [-0.1, -0.05) is 45.0 Å². The molecule has 0 N–H and O–H groups in total. The van der Waals surface area contributed by atoms with E-state index in [4.69, 9.17) is 9.16 Å². The summed E-state index contributed by atoms with van der Waals surface area (Å²) in [6.45, 7) is 12.5. The highest BCUT2D eigenvalue weighted by molar-refractivity contribution is 6.74. The molecule has 1 atom stereocenters. The summed E-state index contributed by atoms with van der Waals surface area (Å²) in [4.78, 5) is 15.6. The van der Waals surface area contributed by atoms with E-state index in [1.165, 1.54) is 16.3 Å². The molecule has 0 bridgehead atoms. The van der Waals surface area contributed by atoms with E-state index in [1.54, 1.807) is 7.11 Å². The van der Waals surface area contributed by atoms with Crippen molar-refractivity contribution in [2.75, 3.05) is 13.7 Å². The average molecular weight is 468 g/mol. The van der Waals surface area contributed by atoms with Gasteiger partial charge >= 0.3 is 0 Å². The van der Waals surface area contributed by atoms with Crippen molar-refractivity contribution in [2.24, 2.45) is 5.92 Å². The molecular formula is C28H41NO3Si. The number of methoxy groups -OCH3 is 1. The summed E-state index contributed by atoms with van der Waals surface area (Å²) < 4.78 is 12.2. The van der Waals surface area contributed by atoms with Gasteiger partial charge in [-0.15, -0.1) is 0 Å². The van der Waals surface area contributed by atoms with Gasteiger partial charge in [0, 0.05) is 24.6 Å². The number of nitrogens with zero attached hydrogens (tertiary/aromatic N) is 1. The van der Waals surface area contributed by atoms with E-state index in [2.05, 4.69) is 75.2 Å². The molecule has 1 unspecified atom stereocenters. The topological polar surface area (TPSA) is 38.8 Å². The lowest BCUT2D eigenvalue weighted by Crippen LogP contribution is -2.47. The Bertz CT molecular complexity index is 988. The Balaban J connectivity index is 1.38. The molecule has 0 radical (unpaired) electrons. The number of hydrogen-bond donors (Lipinski definition) is 0. The van der Waals surface area contributed by atoms with Crippen LogP contribution in [0.1, 0.15) is 58.4 Å². The zero-order valence-corrected chi connectivity index (χ0v) is 22.3. The zero-order chi connectivity index (χ0) is 23.8. The van der Waals surface area contributed by atoms with Crippen LogP contribution in [0.3, 0.4) is 0 Å². The molecular weight excluding hydrogens is 426 g/mol. The standard InChI is InChI=1S/C28H41NO3Si/c1-28(2,3)33(5,6)32-24-13-11-23(12-14-24)29-16-15-21(27(29)30)17-22-19-25(31-4)18-20-9-7-8-10-26(20)22/h7-10,18-19,21,23-24H,11-17H2,1-6H3/t21?,23-,24+. The fraction of sp³-hybridized carbons (Fsp3) is 0.607. The largest absolute Gasteiger partial charge is 0.497 e. The van der Waals surface area contributed by atoms with E-state index < -0.39 is 8.32 Å². The molecule has 1 heterocycles. The van der Waals surface area contributed by atoms with Crippen LogP contribution in [0.5, 0.6) is 5.75 Å². The van der Waals surface area contributed by atoms with Crippen molar-refractivity contribution >= 4 is 25.0 Å². The number of carbonyl (C=O) groups is 1. The lowest BCUT2D eigenvalue weighted by atomic mass is 9.91. The Labute approximate surface area is 200 Å². The first-order valence-electron chi connectivity index (χ1n) is 12.6. The van der Waals surface area contributed by atoms with Gasteiger partial charge in [0.25, 0.3) is 0 Å². The second kappa shape index (κ2) is 9.42. The lowest BCUT2D eigenvalue weighted by molar-refractivity contribution is -0.133. The van der Waals surface area contributed by atoms with Crippen LogP contribution in [0.15, 0.2) is 36.4 Å². The predicted octanol–water partition coefficient (Wildman–Crippen LogP) is 6.57. The van der Waals surface area contributed by atoms with Gasteiger partial charge in [0.2, 0.25) is 5.91 Å². The van der Waals surface area contributed by atoms with Gasteiger partial charge in [-0.25, -0.2) is 0 Å². The number of hydrogen-bond acceptors (Lipinski definition) is 3. The van der Waals surface area contributed by atoms with Crippen molar-refractivity contribution < 1.29 is 14.0 Å². The van der Waals surface area contributed by atoms with Gasteiger partial charge in [-0.3, -0.25) is 4.79 Å². The molecule has 4 nitrogen and oxygen atoms in total. The van der Waals surface area contributed by atoms with E-state index >= 15 is 0 Å². The second-order valence-corrected chi connectivity index (χ2v) is 16.3. The molecule has 2 aromatic carbocycles. The van der Waals surface area contributed by atoms with Crippen LogP contribution < -0.4 is 4.74 Å². The van der Waals surface area contributed by atoms with Crippen molar-refractivity contribution in [3.63, 3.8) is 0 Å². The molecule has 2 aliphatic rings. The van der Waals surface area contributed by atoms with E-state index in [0.717, 1.165) is 50.8 Å². The number of rotatable bonds is 6. The third kappa shape index (κ3) is 5.14. The molecule has 1 saturated carbocycles. The van der Waals surface area contributed by atoms with Gasteiger partial charge in [-0.2, -0.15) is 0 Å². The summed E-state index contributed by atoms with van der Waals surface area (Å²) in [5, 5.41) is 2.65. The number of ether oxygens (including phenoxy) is 1. The molecule has 1 aliphatic heterocycles. The summed E-state index contributed by atoms with van der Waals surface area (Å²) in [6, 6.07) is 13.0. The Hall–Kier alpha value is -1.85. The second-order valence-electron chi connectivity index (χ2n) is 11.5.